The Bertz CT molecular complexity index is 436. The third kappa shape index (κ3) is 4.94. The van der Waals surface area contributed by atoms with Crippen molar-refractivity contribution in [3.8, 4) is 0 Å². The summed E-state index contributed by atoms with van der Waals surface area (Å²) in [6.07, 6.45) is 1.06. The molecule has 1 aliphatic rings. The van der Waals surface area contributed by atoms with Gasteiger partial charge < -0.3 is 10.1 Å². The Kier molecular flexibility index (Phi) is 6.45. The fourth-order valence-electron chi connectivity index (χ4n) is 2.51. The van der Waals surface area contributed by atoms with Gasteiger partial charge in [0.1, 0.15) is 6.10 Å². The molecule has 0 aliphatic carbocycles. The zero-order valence-corrected chi connectivity index (χ0v) is 14.4. The summed E-state index contributed by atoms with van der Waals surface area (Å²) in [4.78, 5) is 9.39. The molecule has 0 amide bonds. The topological polar surface area (TPSA) is 47.0 Å². The summed E-state index contributed by atoms with van der Waals surface area (Å²) in [6, 6.07) is 0. The van der Waals surface area contributed by atoms with E-state index in [4.69, 9.17) is 14.7 Å². The van der Waals surface area contributed by atoms with Crippen molar-refractivity contribution in [1.82, 2.24) is 15.3 Å². The number of aryl methyl sites for hydroxylation is 2. The average Bonchev–Trinajstić information content (AvgIpc) is 2.46. The zero-order chi connectivity index (χ0) is 15.2. The Morgan fingerprint density at radius 1 is 1.29 bits per heavy atom. The molecule has 0 spiro atoms. The summed E-state index contributed by atoms with van der Waals surface area (Å²) < 4.78 is 5.78. The molecular weight excluding hydrogens is 282 g/mol. The highest BCUT2D eigenvalue weighted by Gasteiger charge is 2.21. The molecule has 2 heterocycles. The third-order valence-electron chi connectivity index (χ3n) is 3.65. The molecule has 1 aromatic heterocycles. The van der Waals surface area contributed by atoms with Crippen molar-refractivity contribution in [3.63, 3.8) is 0 Å². The van der Waals surface area contributed by atoms with Gasteiger partial charge in [0, 0.05) is 22.9 Å². The van der Waals surface area contributed by atoms with Crippen LogP contribution in [0.15, 0.2) is 0 Å². The Hall–Kier alpha value is -0.650. The van der Waals surface area contributed by atoms with Gasteiger partial charge in [-0.3, -0.25) is 0 Å². The van der Waals surface area contributed by atoms with Crippen molar-refractivity contribution in [2.24, 2.45) is 5.92 Å². The molecule has 1 atom stereocenters. The van der Waals surface area contributed by atoms with Crippen LogP contribution in [-0.4, -0.2) is 41.2 Å². The Morgan fingerprint density at radius 2 is 2.00 bits per heavy atom. The molecule has 118 valence electrons. The average molecular weight is 309 g/mol. The van der Waals surface area contributed by atoms with Crippen molar-refractivity contribution >= 4 is 11.8 Å². The number of hydrogen-bond donors (Lipinski definition) is 1. The first-order valence-corrected chi connectivity index (χ1v) is 8.97. The normalized spacial score (nSPS) is 19.2. The lowest BCUT2D eigenvalue weighted by Crippen LogP contribution is -2.23. The van der Waals surface area contributed by atoms with Gasteiger partial charge in [-0.15, -0.1) is 0 Å². The second-order valence-electron chi connectivity index (χ2n) is 6.01. The first kappa shape index (κ1) is 16.7. The van der Waals surface area contributed by atoms with Gasteiger partial charge in [-0.1, -0.05) is 13.8 Å². The predicted molar refractivity (Wildman–Crippen MR) is 88.9 cm³/mol. The first-order chi connectivity index (χ1) is 10.1. The summed E-state index contributed by atoms with van der Waals surface area (Å²) in [5, 5.41) is 3.48. The molecule has 21 heavy (non-hydrogen) atoms. The number of nitrogens with one attached hydrogen (secondary N) is 1. The second kappa shape index (κ2) is 8.11. The van der Waals surface area contributed by atoms with Gasteiger partial charge in [-0.05, 0) is 44.8 Å². The van der Waals surface area contributed by atoms with Gasteiger partial charge in [-0.25, -0.2) is 9.97 Å². The van der Waals surface area contributed by atoms with Gasteiger partial charge in [-0.2, -0.15) is 11.8 Å². The Balaban J connectivity index is 1.99. The number of aromatic nitrogens is 2. The molecule has 0 radical (unpaired) electrons. The van der Waals surface area contributed by atoms with Crippen LogP contribution in [0.5, 0.6) is 0 Å². The zero-order valence-electron chi connectivity index (χ0n) is 13.6. The monoisotopic (exact) mass is 309 g/mol. The molecule has 1 aliphatic heterocycles. The minimum atomic E-state index is 0.0641. The van der Waals surface area contributed by atoms with Crippen molar-refractivity contribution in [3.05, 3.63) is 22.8 Å². The van der Waals surface area contributed by atoms with E-state index in [-0.39, 0.29) is 6.10 Å². The fraction of sp³-hybridized carbons (Fsp3) is 0.750. The summed E-state index contributed by atoms with van der Waals surface area (Å²) >= 11 is 1.92. The maximum absolute atomic E-state index is 5.78. The summed E-state index contributed by atoms with van der Waals surface area (Å²) in [5.41, 5.74) is 3.48. The van der Waals surface area contributed by atoms with Crippen LogP contribution in [-0.2, 0) is 11.2 Å². The van der Waals surface area contributed by atoms with E-state index in [1.54, 1.807) is 0 Å². The minimum Gasteiger partial charge on any atom is -0.368 e. The quantitative estimate of drug-likeness (QED) is 0.819. The standard InChI is InChI=1S/C16H27N3OS/c1-11(2)9-17-6-5-14-12(3)18-16(19-13(14)4)15-10-21-8-7-20-15/h11,15,17H,5-10H2,1-4H3. The van der Waals surface area contributed by atoms with Gasteiger partial charge in [0.25, 0.3) is 0 Å². The largest absolute Gasteiger partial charge is 0.368 e. The Labute approximate surface area is 132 Å². The molecule has 1 saturated heterocycles. The van der Waals surface area contributed by atoms with Crippen LogP contribution in [0.3, 0.4) is 0 Å². The van der Waals surface area contributed by atoms with Crippen molar-refractivity contribution in [1.29, 1.82) is 0 Å². The van der Waals surface area contributed by atoms with Crippen molar-refractivity contribution < 1.29 is 4.74 Å². The molecule has 0 saturated carbocycles. The highest BCUT2D eigenvalue weighted by molar-refractivity contribution is 7.99. The molecule has 2 rings (SSSR count). The molecule has 5 heteroatoms. The van der Waals surface area contributed by atoms with E-state index in [1.165, 1.54) is 5.56 Å². The predicted octanol–water partition coefficient (Wildman–Crippen LogP) is 2.69. The first-order valence-electron chi connectivity index (χ1n) is 7.82. The smallest absolute Gasteiger partial charge is 0.158 e. The van der Waals surface area contributed by atoms with E-state index in [1.807, 2.05) is 11.8 Å². The van der Waals surface area contributed by atoms with E-state index >= 15 is 0 Å². The van der Waals surface area contributed by atoms with E-state index < -0.39 is 0 Å². The molecule has 1 aromatic rings. The molecule has 1 fully saturated rings. The SMILES string of the molecule is Cc1nc(C2CSCCO2)nc(C)c1CCNCC(C)C. The van der Waals surface area contributed by atoms with Crippen LogP contribution in [0.25, 0.3) is 0 Å². The number of ether oxygens (including phenoxy) is 1. The lowest BCUT2D eigenvalue weighted by molar-refractivity contribution is 0.0691. The lowest BCUT2D eigenvalue weighted by Gasteiger charge is -2.22. The van der Waals surface area contributed by atoms with E-state index in [2.05, 4.69) is 33.0 Å². The second-order valence-corrected chi connectivity index (χ2v) is 7.16. The molecule has 4 nitrogen and oxygen atoms in total. The number of hydrogen-bond acceptors (Lipinski definition) is 5. The van der Waals surface area contributed by atoms with Crippen LogP contribution in [0.4, 0.5) is 0 Å². The number of thioether (sulfide) groups is 1. The van der Waals surface area contributed by atoms with Crippen molar-refractivity contribution in [2.75, 3.05) is 31.2 Å². The summed E-state index contributed by atoms with van der Waals surface area (Å²) in [6.45, 7) is 11.5. The molecule has 0 bridgehead atoms. The highest BCUT2D eigenvalue weighted by atomic mass is 32.2. The van der Waals surface area contributed by atoms with Gasteiger partial charge in [0.15, 0.2) is 5.82 Å². The fourth-order valence-corrected chi connectivity index (χ4v) is 3.35. The number of nitrogens with zero attached hydrogens (tertiary/aromatic N) is 2. The van der Waals surface area contributed by atoms with E-state index in [9.17, 15) is 0 Å². The lowest BCUT2D eigenvalue weighted by atomic mass is 10.1. The summed E-state index contributed by atoms with van der Waals surface area (Å²) in [7, 11) is 0. The molecule has 1 N–H and O–H groups in total. The number of rotatable bonds is 6. The maximum Gasteiger partial charge on any atom is 0.158 e. The Morgan fingerprint density at radius 3 is 2.57 bits per heavy atom. The van der Waals surface area contributed by atoms with Gasteiger partial charge >= 0.3 is 0 Å². The van der Waals surface area contributed by atoms with Crippen molar-refractivity contribution in [2.45, 2.75) is 40.2 Å². The third-order valence-corrected chi connectivity index (χ3v) is 4.64. The molecular formula is C16H27N3OS. The van der Waals surface area contributed by atoms with Gasteiger partial charge in [0.2, 0.25) is 0 Å². The van der Waals surface area contributed by atoms with Crippen LogP contribution in [0, 0.1) is 19.8 Å². The van der Waals surface area contributed by atoms with E-state index in [0.717, 1.165) is 54.8 Å². The van der Waals surface area contributed by atoms with Crippen LogP contribution in [0.2, 0.25) is 0 Å². The highest BCUT2D eigenvalue weighted by Crippen LogP contribution is 2.25. The van der Waals surface area contributed by atoms with Crippen LogP contribution >= 0.6 is 11.8 Å². The molecule has 1 unspecified atom stereocenters. The van der Waals surface area contributed by atoms with Gasteiger partial charge in [0.05, 0.1) is 6.61 Å². The summed E-state index contributed by atoms with van der Waals surface area (Å²) in [5.74, 6) is 3.59. The minimum absolute atomic E-state index is 0.0641. The maximum atomic E-state index is 5.78. The van der Waals surface area contributed by atoms with Crippen LogP contribution in [0.1, 0.15) is 42.7 Å². The van der Waals surface area contributed by atoms with Crippen LogP contribution < -0.4 is 5.32 Å². The van der Waals surface area contributed by atoms with E-state index in [0.29, 0.717) is 5.92 Å². The molecule has 0 aromatic carbocycles.